The number of aromatic amines is 1. The lowest BCUT2D eigenvalue weighted by molar-refractivity contribution is -0.344. The van der Waals surface area contributed by atoms with Gasteiger partial charge in [-0.05, 0) is 62.4 Å². The maximum atomic E-state index is 13.6. The van der Waals surface area contributed by atoms with Crippen molar-refractivity contribution in [1.29, 1.82) is 0 Å². The summed E-state index contributed by atoms with van der Waals surface area (Å²) in [5, 5.41) is 1.03. The molecule has 1 aliphatic rings. The van der Waals surface area contributed by atoms with Crippen LogP contribution in [0.5, 0.6) is 0 Å². The van der Waals surface area contributed by atoms with Crippen LogP contribution in [0.4, 0.5) is 5.69 Å². The van der Waals surface area contributed by atoms with E-state index >= 15 is 0 Å². The molecule has 5 heteroatoms. The molecule has 0 unspecified atom stereocenters. The lowest BCUT2D eigenvalue weighted by Gasteiger charge is -2.33. The minimum atomic E-state index is -0.233. The second kappa shape index (κ2) is 7.90. The van der Waals surface area contributed by atoms with E-state index in [0.717, 1.165) is 27.7 Å². The molecule has 0 radical (unpaired) electrons. The second-order valence-corrected chi connectivity index (χ2v) is 8.39. The molecule has 3 aromatic rings. The van der Waals surface area contributed by atoms with Crippen LogP contribution in [0.15, 0.2) is 42.6 Å². The molecule has 1 fully saturated rings. The van der Waals surface area contributed by atoms with Gasteiger partial charge in [0.15, 0.2) is 6.20 Å². The van der Waals surface area contributed by atoms with E-state index in [4.69, 9.17) is 5.73 Å². The van der Waals surface area contributed by atoms with E-state index in [0.29, 0.717) is 37.1 Å². The number of primary amides is 1. The van der Waals surface area contributed by atoms with Crippen molar-refractivity contribution in [2.45, 2.75) is 33.6 Å². The topological polar surface area (TPSA) is 77.5 Å². The van der Waals surface area contributed by atoms with Gasteiger partial charge in [-0.1, -0.05) is 18.2 Å². The highest BCUT2D eigenvalue weighted by molar-refractivity contribution is 6.15. The van der Waals surface area contributed by atoms with E-state index in [1.54, 1.807) is 0 Å². The Morgan fingerprint density at radius 3 is 2.40 bits per heavy atom. The van der Waals surface area contributed by atoms with Crippen molar-refractivity contribution in [3.8, 4) is 0 Å². The Hall–Kier alpha value is -3.21. The zero-order valence-electron chi connectivity index (χ0n) is 17.8. The SMILES string of the molecule is Cc1ccc2[nH+]cc(C(=O)c3ccc(C)c(C)c3)c(N3CCC(C(N)=O)CC3)c2c1. The zero-order chi connectivity index (χ0) is 21.4. The normalized spacial score (nSPS) is 14.8. The predicted octanol–water partition coefficient (Wildman–Crippen LogP) is 3.51. The summed E-state index contributed by atoms with van der Waals surface area (Å²) in [6, 6.07) is 12.1. The third-order valence-corrected chi connectivity index (χ3v) is 6.28. The molecule has 0 atom stereocenters. The molecule has 2 heterocycles. The summed E-state index contributed by atoms with van der Waals surface area (Å²) in [5.74, 6) is -0.323. The van der Waals surface area contributed by atoms with Crippen molar-refractivity contribution in [3.63, 3.8) is 0 Å². The van der Waals surface area contributed by atoms with Gasteiger partial charge in [0.25, 0.3) is 0 Å². The Kier molecular flexibility index (Phi) is 5.29. The van der Waals surface area contributed by atoms with Crippen molar-refractivity contribution >= 4 is 28.3 Å². The van der Waals surface area contributed by atoms with Gasteiger partial charge in [-0.15, -0.1) is 0 Å². The van der Waals surface area contributed by atoms with Crippen molar-refractivity contribution < 1.29 is 14.6 Å². The van der Waals surface area contributed by atoms with Crippen LogP contribution < -0.4 is 15.6 Å². The average molecular weight is 403 g/mol. The predicted molar refractivity (Wildman–Crippen MR) is 119 cm³/mol. The molecule has 0 saturated carbocycles. The van der Waals surface area contributed by atoms with E-state index in [1.165, 1.54) is 5.56 Å². The first kappa shape index (κ1) is 20.1. The summed E-state index contributed by atoms with van der Waals surface area (Å²) in [6.45, 7) is 7.53. The van der Waals surface area contributed by atoms with Crippen molar-refractivity contribution in [3.05, 3.63) is 70.4 Å². The minimum absolute atomic E-state index is 0.00443. The number of hydrogen-bond acceptors (Lipinski definition) is 3. The lowest BCUT2D eigenvalue weighted by Crippen LogP contribution is -2.39. The minimum Gasteiger partial charge on any atom is -0.370 e. The van der Waals surface area contributed by atoms with Crippen LogP contribution in [-0.4, -0.2) is 24.8 Å². The lowest BCUT2D eigenvalue weighted by atomic mass is 9.93. The number of fused-ring (bicyclic) bond motifs is 1. The summed E-state index contributed by atoms with van der Waals surface area (Å²) < 4.78 is 0. The number of amides is 1. The third-order valence-electron chi connectivity index (χ3n) is 6.28. The number of anilines is 1. The van der Waals surface area contributed by atoms with Crippen LogP contribution in [-0.2, 0) is 4.79 Å². The van der Waals surface area contributed by atoms with Crippen molar-refractivity contribution in [2.75, 3.05) is 18.0 Å². The molecule has 5 nitrogen and oxygen atoms in total. The average Bonchev–Trinajstić information content (AvgIpc) is 2.74. The van der Waals surface area contributed by atoms with Crippen molar-refractivity contribution in [1.82, 2.24) is 0 Å². The molecule has 0 spiro atoms. The standard InChI is InChI=1S/C25H27N3O2/c1-15-4-7-22-20(12-15)23(28-10-8-18(9-11-28)25(26)30)21(14-27-22)24(29)19-6-5-16(2)17(3)13-19/h4-7,12-14,18H,8-11H2,1-3H3,(H2,26,30)/p+1. The number of nitrogens with zero attached hydrogens (tertiary/aromatic N) is 1. The van der Waals surface area contributed by atoms with E-state index in [-0.39, 0.29) is 17.6 Å². The maximum Gasteiger partial charge on any atom is 0.220 e. The van der Waals surface area contributed by atoms with Gasteiger partial charge in [-0.3, -0.25) is 9.59 Å². The molecular formula is C25H28N3O2+. The first-order chi connectivity index (χ1) is 14.3. The summed E-state index contributed by atoms with van der Waals surface area (Å²) in [6.07, 6.45) is 3.24. The summed E-state index contributed by atoms with van der Waals surface area (Å²) in [7, 11) is 0. The number of hydrogen-bond donors (Lipinski definition) is 1. The zero-order valence-corrected chi connectivity index (χ0v) is 17.8. The smallest absolute Gasteiger partial charge is 0.220 e. The largest absolute Gasteiger partial charge is 0.370 e. The molecule has 30 heavy (non-hydrogen) atoms. The Balaban J connectivity index is 1.83. The fraction of sp³-hybridized carbons (Fsp3) is 0.320. The van der Waals surface area contributed by atoms with Gasteiger partial charge in [-0.25, -0.2) is 4.98 Å². The molecule has 3 N–H and O–H groups in total. The Morgan fingerprint density at radius 2 is 1.73 bits per heavy atom. The van der Waals surface area contributed by atoms with Crippen LogP contribution in [0.3, 0.4) is 0 Å². The number of aryl methyl sites for hydroxylation is 3. The molecule has 0 bridgehead atoms. The quantitative estimate of drug-likeness (QED) is 0.679. The number of nitrogens with one attached hydrogen (secondary N) is 1. The first-order valence-corrected chi connectivity index (χ1v) is 10.5. The van der Waals surface area contributed by atoms with Crippen LogP contribution in [0.1, 0.15) is 45.5 Å². The number of ketones is 1. The molecule has 2 aromatic carbocycles. The molecule has 154 valence electrons. The highest BCUT2D eigenvalue weighted by atomic mass is 16.1. The summed E-state index contributed by atoms with van der Waals surface area (Å²) in [4.78, 5) is 30.7. The third kappa shape index (κ3) is 3.67. The van der Waals surface area contributed by atoms with Gasteiger partial charge >= 0.3 is 0 Å². The highest BCUT2D eigenvalue weighted by Crippen LogP contribution is 2.33. The number of pyridine rings is 1. The number of carbonyl (C=O) groups is 2. The number of aromatic nitrogens is 1. The number of nitrogens with two attached hydrogens (primary N) is 1. The van der Waals surface area contributed by atoms with Gasteiger partial charge in [0.05, 0.1) is 11.1 Å². The van der Waals surface area contributed by atoms with E-state index in [9.17, 15) is 9.59 Å². The molecule has 0 aliphatic carbocycles. The number of rotatable bonds is 4. The molecular weight excluding hydrogens is 374 g/mol. The van der Waals surface area contributed by atoms with Gasteiger partial charge in [0.2, 0.25) is 17.2 Å². The molecule has 4 rings (SSSR count). The summed E-state index contributed by atoms with van der Waals surface area (Å²) >= 11 is 0. The first-order valence-electron chi connectivity index (χ1n) is 10.5. The van der Waals surface area contributed by atoms with Gasteiger partial charge in [0.1, 0.15) is 5.56 Å². The number of piperidine rings is 1. The molecule has 1 aliphatic heterocycles. The Labute approximate surface area is 176 Å². The Bertz CT molecular complexity index is 1140. The van der Waals surface area contributed by atoms with Gasteiger partial charge < -0.3 is 10.6 Å². The monoisotopic (exact) mass is 402 g/mol. The summed E-state index contributed by atoms with van der Waals surface area (Å²) in [5.41, 5.74) is 12.2. The van der Waals surface area contributed by atoms with Crippen LogP contribution in [0, 0.1) is 26.7 Å². The van der Waals surface area contributed by atoms with Gasteiger partial charge in [0, 0.05) is 30.6 Å². The Morgan fingerprint density at radius 1 is 1.00 bits per heavy atom. The molecule has 1 aromatic heterocycles. The molecule has 1 amide bonds. The highest BCUT2D eigenvalue weighted by Gasteiger charge is 2.29. The van der Waals surface area contributed by atoms with Crippen LogP contribution in [0.25, 0.3) is 10.9 Å². The van der Waals surface area contributed by atoms with E-state index in [2.05, 4.69) is 35.0 Å². The fourth-order valence-electron chi connectivity index (χ4n) is 4.28. The van der Waals surface area contributed by atoms with Crippen LogP contribution >= 0.6 is 0 Å². The molecule has 1 saturated heterocycles. The second-order valence-electron chi connectivity index (χ2n) is 8.39. The van der Waals surface area contributed by atoms with Gasteiger partial charge in [-0.2, -0.15) is 0 Å². The fourth-order valence-corrected chi connectivity index (χ4v) is 4.28. The number of benzene rings is 2. The van der Waals surface area contributed by atoms with E-state index < -0.39 is 0 Å². The van der Waals surface area contributed by atoms with Crippen LogP contribution in [0.2, 0.25) is 0 Å². The number of H-pyrrole nitrogens is 1. The maximum absolute atomic E-state index is 13.6. The number of carbonyl (C=O) groups excluding carboxylic acids is 2. The van der Waals surface area contributed by atoms with Crippen molar-refractivity contribution in [2.24, 2.45) is 11.7 Å². The van der Waals surface area contributed by atoms with E-state index in [1.807, 2.05) is 38.2 Å².